The summed E-state index contributed by atoms with van der Waals surface area (Å²) in [5.74, 6) is -0.500. The maximum atomic E-state index is 13.9. The van der Waals surface area contributed by atoms with Gasteiger partial charge in [0.25, 0.3) is 5.91 Å². The van der Waals surface area contributed by atoms with Crippen molar-refractivity contribution in [1.29, 1.82) is 0 Å². The molecule has 9 heteroatoms. The molecule has 2 aromatic rings. The minimum absolute atomic E-state index is 0.0401. The third-order valence-corrected chi connectivity index (χ3v) is 17.5. The standard InChI is InChI=1S/C29H46N2O5Si2/c1-28(2,3)37(7,8)35-23-19-31(27(33)22-16-17-34-20-22)24(25(23)36-38(9,10)29(4,5)6)26(32)30-18-21-14-12-11-13-15-21/h11-17,20,23-25H,18-19H2,1-10H3,(H,30,32)/t23-,24?,25+/m0/s1. The second-order valence-corrected chi connectivity index (χ2v) is 22.9. The minimum Gasteiger partial charge on any atom is -0.472 e. The zero-order chi connectivity index (χ0) is 28.5. The molecule has 2 amide bonds. The van der Waals surface area contributed by atoms with Crippen LogP contribution in [-0.2, 0) is 20.2 Å². The molecule has 0 aliphatic carbocycles. The van der Waals surface area contributed by atoms with Gasteiger partial charge < -0.3 is 23.5 Å². The Bertz CT molecular complexity index is 1090. The number of furan rings is 1. The molecule has 2 heterocycles. The van der Waals surface area contributed by atoms with Crippen molar-refractivity contribution in [2.75, 3.05) is 6.54 Å². The Labute approximate surface area is 230 Å². The summed E-state index contributed by atoms with van der Waals surface area (Å²) in [6.45, 7) is 22.5. The average Bonchev–Trinajstić information content (AvgIpc) is 3.45. The van der Waals surface area contributed by atoms with E-state index < -0.39 is 34.9 Å². The van der Waals surface area contributed by atoms with E-state index in [1.54, 1.807) is 11.0 Å². The summed E-state index contributed by atoms with van der Waals surface area (Å²) in [5, 5.41) is 2.95. The molecule has 1 N–H and O–H groups in total. The van der Waals surface area contributed by atoms with Crippen molar-refractivity contribution in [3.8, 4) is 0 Å². The number of nitrogens with zero attached hydrogens (tertiary/aromatic N) is 1. The van der Waals surface area contributed by atoms with E-state index in [0.717, 1.165) is 5.56 Å². The maximum Gasteiger partial charge on any atom is 0.257 e. The Balaban J connectivity index is 2.03. The predicted molar refractivity (Wildman–Crippen MR) is 156 cm³/mol. The van der Waals surface area contributed by atoms with Gasteiger partial charge in [-0.2, -0.15) is 0 Å². The normalized spacial score (nSPS) is 21.0. The first-order chi connectivity index (χ1) is 17.4. The Kier molecular flexibility index (Phi) is 8.87. The van der Waals surface area contributed by atoms with Crippen molar-refractivity contribution in [1.82, 2.24) is 10.2 Å². The van der Waals surface area contributed by atoms with Crippen LogP contribution >= 0.6 is 0 Å². The summed E-state index contributed by atoms with van der Waals surface area (Å²) in [7, 11) is -4.59. The van der Waals surface area contributed by atoms with E-state index in [-0.39, 0.29) is 28.4 Å². The van der Waals surface area contributed by atoms with Gasteiger partial charge in [-0.25, -0.2) is 0 Å². The van der Waals surface area contributed by atoms with Crippen molar-refractivity contribution in [3.63, 3.8) is 0 Å². The van der Waals surface area contributed by atoms with Crippen LogP contribution in [-0.4, -0.2) is 58.1 Å². The SMILES string of the molecule is CC(C)(C)[Si](C)(C)O[C@H]1CN(C(=O)c2ccoc2)C(C(=O)NCc2ccccc2)[C@@H]1O[Si](C)(C)C(C)(C)C. The molecule has 3 atom stereocenters. The molecule has 1 saturated heterocycles. The summed E-state index contributed by atoms with van der Waals surface area (Å²) < 4.78 is 19.1. The molecule has 0 bridgehead atoms. The zero-order valence-corrected chi connectivity index (χ0v) is 26.8. The molecule has 0 spiro atoms. The molecule has 210 valence electrons. The van der Waals surface area contributed by atoms with Gasteiger partial charge in [-0.3, -0.25) is 9.59 Å². The first-order valence-electron chi connectivity index (χ1n) is 13.4. The van der Waals surface area contributed by atoms with Crippen molar-refractivity contribution in [2.45, 2.75) is 103 Å². The zero-order valence-electron chi connectivity index (χ0n) is 24.8. The lowest BCUT2D eigenvalue weighted by Crippen LogP contribution is -2.56. The van der Waals surface area contributed by atoms with Crippen LogP contribution in [0, 0.1) is 0 Å². The highest BCUT2D eigenvalue weighted by atomic mass is 28.4. The van der Waals surface area contributed by atoms with Gasteiger partial charge in [0.1, 0.15) is 18.4 Å². The van der Waals surface area contributed by atoms with Gasteiger partial charge in [0, 0.05) is 13.1 Å². The fourth-order valence-electron chi connectivity index (χ4n) is 4.05. The van der Waals surface area contributed by atoms with E-state index in [1.807, 2.05) is 30.3 Å². The molecule has 1 fully saturated rings. The van der Waals surface area contributed by atoms with Crippen molar-refractivity contribution < 1.29 is 22.9 Å². The summed E-state index contributed by atoms with van der Waals surface area (Å²) in [6.07, 6.45) is 1.89. The number of carbonyl (C=O) groups is 2. The minimum atomic E-state index is -2.34. The third-order valence-electron chi connectivity index (χ3n) is 8.49. The van der Waals surface area contributed by atoms with E-state index in [0.29, 0.717) is 12.1 Å². The second kappa shape index (κ2) is 11.1. The lowest BCUT2D eigenvalue weighted by Gasteiger charge is -2.43. The van der Waals surface area contributed by atoms with Gasteiger partial charge in [-0.1, -0.05) is 71.9 Å². The van der Waals surface area contributed by atoms with Gasteiger partial charge in [-0.05, 0) is 47.9 Å². The van der Waals surface area contributed by atoms with Gasteiger partial charge in [0.15, 0.2) is 16.6 Å². The van der Waals surface area contributed by atoms with Gasteiger partial charge in [0.05, 0.1) is 17.9 Å². The molecule has 1 aliphatic heterocycles. The first-order valence-corrected chi connectivity index (χ1v) is 19.3. The summed E-state index contributed by atoms with van der Waals surface area (Å²) in [5.41, 5.74) is 1.40. The molecule has 7 nitrogen and oxygen atoms in total. The van der Waals surface area contributed by atoms with Gasteiger partial charge in [0.2, 0.25) is 5.91 Å². The Morgan fingerprint density at radius 2 is 1.53 bits per heavy atom. The molecule has 3 rings (SSSR count). The summed E-state index contributed by atoms with van der Waals surface area (Å²) in [6, 6.07) is 10.6. The number of hydrogen-bond donors (Lipinski definition) is 1. The number of hydrogen-bond acceptors (Lipinski definition) is 5. The van der Waals surface area contributed by atoms with Crippen molar-refractivity contribution in [2.24, 2.45) is 0 Å². The topological polar surface area (TPSA) is 81.0 Å². The smallest absolute Gasteiger partial charge is 0.257 e. The third kappa shape index (κ3) is 6.67. The second-order valence-electron chi connectivity index (χ2n) is 13.4. The highest BCUT2D eigenvalue weighted by Gasteiger charge is 2.55. The number of nitrogens with one attached hydrogen (secondary N) is 1. The van der Waals surface area contributed by atoms with Gasteiger partial charge in [-0.15, -0.1) is 0 Å². The summed E-state index contributed by atoms with van der Waals surface area (Å²) >= 11 is 0. The molecule has 1 aliphatic rings. The van der Waals surface area contributed by atoms with Crippen LogP contribution in [0.4, 0.5) is 0 Å². The van der Waals surface area contributed by atoms with E-state index in [1.165, 1.54) is 12.5 Å². The maximum absolute atomic E-state index is 13.9. The van der Waals surface area contributed by atoms with Crippen LogP contribution in [0.5, 0.6) is 0 Å². The Morgan fingerprint density at radius 1 is 0.947 bits per heavy atom. The molecular weight excluding hydrogens is 513 g/mol. The van der Waals surface area contributed by atoms with E-state index in [2.05, 4.69) is 73.0 Å². The molecule has 0 saturated carbocycles. The van der Waals surface area contributed by atoms with E-state index >= 15 is 0 Å². The largest absolute Gasteiger partial charge is 0.472 e. The molecule has 1 aromatic carbocycles. The van der Waals surface area contributed by atoms with Gasteiger partial charge >= 0.3 is 0 Å². The van der Waals surface area contributed by atoms with Crippen LogP contribution < -0.4 is 5.32 Å². The lowest BCUT2D eigenvalue weighted by molar-refractivity contribution is -0.127. The predicted octanol–water partition coefficient (Wildman–Crippen LogP) is 6.20. The number of likely N-dealkylation sites (tertiary alicyclic amines) is 1. The number of rotatable bonds is 8. The van der Waals surface area contributed by atoms with Crippen LogP contribution in [0.25, 0.3) is 0 Å². The van der Waals surface area contributed by atoms with Crippen LogP contribution in [0.3, 0.4) is 0 Å². The number of carbonyl (C=O) groups excluding carboxylic acids is 2. The molecule has 0 radical (unpaired) electrons. The van der Waals surface area contributed by atoms with Crippen LogP contribution in [0.2, 0.25) is 36.3 Å². The highest BCUT2D eigenvalue weighted by molar-refractivity contribution is 6.74. The number of amides is 2. The number of benzene rings is 1. The highest BCUT2D eigenvalue weighted by Crippen LogP contribution is 2.43. The fraction of sp³-hybridized carbons (Fsp3) is 0.586. The Morgan fingerprint density at radius 3 is 2.05 bits per heavy atom. The summed E-state index contributed by atoms with van der Waals surface area (Å²) in [4.78, 5) is 29.3. The average molecular weight is 559 g/mol. The molecule has 1 unspecified atom stereocenters. The quantitative estimate of drug-likeness (QED) is 0.390. The lowest BCUT2D eigenvalue weighted by atomic mass is 10.1. The van der Waals surface area contributed by atoms with Crippen LogP contribution in [0.1, 0.15) is 57.5 Å². The molecular formula is C29H46N2O5Si2. The molecule has 38 heavy (non-hydrogen) atoms. The monoisotopic (exact) mass is 558 g/mol. The fourth-order valence-corrected chi connectivity index (χ4v) is 6.68. The van der Waals surface area contributed by atoms with Crippen molar-refractivity contribution >= 4 is 28.4 Å². The molecule has 1 aromatic heterocycles. The Hall–Kier alpha value is -2.21. The van der Waals surface area contributed by atoms with Crippen molar-refractivity contribution in [3.05, 3.63) is 60.1 Å². The first kappa shape index (κ1) is 30.3. The van der Waals surface area contributed by atoms with E-state index in [9.17, 15) is 9.59 Å². The van der Waals surface area contributed by atoms with E-state index in [4.69, 9.17) is 13.3 Å². The van der Waals surface area contributed by atoms with Crippen LogP contribution in [0.15, 0.2) is 53.3 Å².